The molecule has 3 aliphatic rings. The Bertz CT molecular complexity index is 851. The van der Waals surface area contributed by atoms with Crippen LogP contribution in [0.4, 0.5) is 0 Å². The van der Waals surface area contributed by atoms with E-state index in [9.17, 15) is 19.2 Å². The number of hydrogen-bond donors (Lipinski definition) is 0. The van der Waals surface area contributed by atoms with Crippen molar-refractivity contribution >= 4 is 23.7 Å². The van der Waals surface area contributed by atoms with Gasteiger partial charge in [0.1, 0.15) is 18.3 Å². The fourth-order valence-electron chi connectivity index (χ4n) is 4.78. The summed E-state index contributed by atoms with van der Waals surface area (Å²) in [5.74, 6) is -3.49. The quantitative estimate of drug-likeness (QED) is 0.406. The summed E-state index contributed by atoms with van der Waals surface area (Å²) in [5, 5.41) is 0. The lowest BCUT2D eigenvalue weighted by atomic mass is 9.67. The zero-order chi connectivity index (χ0) is 21.7. The summed E-state index contributed by atoms with van der Waals surface area (Å²) in [7, 11) is 0. The van der Waals surface area contributed by atoms with Crippen LogP contribution in [0.25, 0.3) is 0 Å². The number of ketones is 1. The van der Waals surface area contributed by atoms with Crippen molar-refractivity contribution in [2.75, 3.05) is 0 Å². The van der Waals surface area contributed by atoms with Gasteiger partial charge in [0, 0.05) is 24.0 Å². The molecule has 3 rings (SSSR count). The second kappa shape index (κ2) is 7.28. The van der Waals surface area contributed by atoms with Gasteiger partial charge in [0.15, 0.2) is 5.78 Å². The van der Waals surface area contributed by atoms with Gasteiger partial charge in [0.25, 0.3) is 0 Å². The van der Waals surface area contributed by atoms with Gasteiger partial charge in [-0.3, -0.25) is 9.59 Å². The van der Waals surface area contributed by atoms with Crippen LogP contribution >= 0.6 is 0 Å². The number of fused-ring (bicyclic) bond motifs is 2. The third kappa shape index (κ3) is 3.12. The van der Waals surface area contributed by atoms with Crippen LogP contribution in [0.2, 0.25) is 0 Å². The number of rotatable bonds is 3. The van der Waals surface area contributed by atoms with Gasteiger partial charge < -0.3 is 14.2 Å². The second-order valence-corrected chi connectivity index (χ2v) is 8.18. The minimum Gasteiger partial charge on any atom is -0.458 e. The SMILES string of the molecule is C=C1C(=O)O[C@@H]2[C@H](OC(C)=O)[C@@H](C)[C@@H]3C=CC(=O)[C@@]3(C)[C@@H](OC(=O)/C(C)=C\C)[C@H]12. The van der Waals surface area contributed by atoms with Gasteiger partial charge in [-0.15, -0.1) is 0 Å². The van der Waals surface area contributed by atoms with E-state index in [-0.39, 0.29) is 23.2 Å². The predicted octanol–water partition coefficient (Wildman–Crippen LogP) is 2.30. The molecule has 7 nitrogen and oxygen atoms in total. The van der Waals surface area contributed by atoms with Crippen molar-refractivity contribution in [1.29, 1.82) is 0 Å². The average Bonchev–Trinajstić information content (AvgIpc) is 3.11. The van der Waals surface area contributed by atoms with E-state index in [1.165, 1.54) is 13.0 Å². The van der Waals surface area contributed by atoms with Crippen molar-refractivity contribution in [2.24, 2.45) is 23.2 Å². The molecular weight excluding hydrogens is 376 g/mol. The lowest BCUT2D eigenvalue weighted by Gasteiger charge is -2.39. The predicted molar refractivity (Wildman–Crippen MR) is 102 cm³/mol. The maximum absolute atomic E-state index is 13.0. The first-order valence-corrected chi connectivity index (χ1v) is 9.67. The molecule has 0 unspecified atom stereocenters. The Kier molecular flexibility index (Phi) is 5.28. The third-order valence-corrected chi connectivity index (χ3v) is 6.56. The molecule has 0 amide bonds. The van der Waals surface area contributed by atoms with E-state index in [0.717, 1.165) is 0 Å². The first-order chi connectivity index (χ1) is 13.5. The largest absolute Gasteiger partial charge is 0.458 e. The summed E-state index contributed by atoms with van der Waals surface area (Å²) >= 11 is 0. The summed E-state index contributed by atoms with van der Waals surface area (Å²) in [6.45, 7) is 12.0. The monoisotopic (exact) mass is 402 g/mol. The molecule has 7 heteroatoms. The molecule has 156 valence electrons. The highest BCUT2D eigenvalue weighted by Crippen LogP contribution is 2.55. The molecule has 29 heavy (non-hydrogen) atoms. The van der Waals surface area contributed by atoms with Crippen LogP contribution in [-0.4, -0.2) is 42.0 Å². The van der Waals surface area contributed by atoms with E-state index in [0.29, 0.717) is 5.57 Å². The normalized spacial score (nSPS) is 38.8. The maximum Gasteiger partial charge on any atom is 0.334 e. The minimum atomic E-state index is -1.14. The lowest BCUT2D eigenvalue weighted by molar-refractivity contribution is -0.167. The van der Waals surface area contributed by atoms with Crippen LogP contribution in [-0.2, 0) is 33.4 Å². The van der Waals surface area contributed by atoms with E-state index < -0.39 is 47.6 Å². The lowest BCUT2D eigenvalue weighted by Crippen LogP contribution is -2.49. The van der Waals surface area contributed by atoms with Crippen molar-refractivity contribution in [3.05, 3.63) is 36.0 Å². The maximum atomic E-state index is 13.0. The molecular formula is C22H26O7. The van der Waals surface area contributed by atoms with Gasteiger partial charge in [-0.2, -0.15) is 0 Å². The standard InChI is InChI=1S/C22H26O7/c1-7-10(2)20(25)29-19-16-12(4)21(26)28-18(16)17(27-13(5)23)11(3)14-8-9-15(24)22(14,19)6/h7-9,11,14,16-19H,4H2,1-3,5-6H3/b10-7-/t11-,14-,16+,17+,18-,19-,22-/m0/s1. The topological polar surface area (TPSA) is 96.0 Å². The molecule has 0 bridgehead atoms. The summed E-state index contributed by atoms with van der Waals surface area (Å²) < 4.78 is 16.9. The molecule has 0 N–H and O–H groups in total. The molecule has 1 heterocycles. The Morgan fingerprint density at radius 3 is 2.48 bits per heavy atom. The van der Waals surface area contributed by atoms with Crippen LogP contribution in [0, 0.1) is 23.2 Å². The fourth-order valence-corrected chi connectivity index (χ4v) is 4.78. The molecule has 0 radical (unpaired) electrons. The van der Waals surface area contributed by atoms with Crippen molar-refractivity contribution in [1.82, 2.24) is 0 Å². The molecule has 1 saturated carbocycles. The number of carbonyl (C=O) groups excluding carboxylic acids is 4. The Morgan fingerprint density at radius 1 is 1.24 bits per heavy atom. The summed E-state index contributed by atoms with van der Waals surface area (Å²) in [6.07, 6.45) is 2.16. The molecule has 0 spiro atoms. The number of esters is 3. The van der Waals surface area contributed by atoms with Gasteiger partial charge in [-0.05, 0) is 32.8 Å². The smallest absolute Gasteiger partial charge is 0.334 e. The van der Waals surface area contributed by atoms with Crippen LogP contribution < -0.4 is 0 Å². The molecule has 7 atom stereocenters. The molecule has 0 aromatic carbocycles. The zero-order valence-electron chi connectivity index (χ0n) is 17.3. The highest BCUT2D eigenvalue weighted by atomic mass is 16.6. The first kappa shape index (κ1) is 21.0. The van der Waals surface area contributed by atoms with E-state index in [4.69, 9.17) is 14.2 Å². The molecule has 2 aliphatic carbocycles. The highest BCUT2D eigenvalue weighted by Gasteiger charge is 2.65. The number of hydrogen-bond acceptors (Lipinski definition) is 7. The van der Waals surface area contributed by atoms with Gasteiger partial charge >= 0.3 is 17.9 Å². The van der Waals surface area contributed by atoms with Crippen molar-refractivity contribution < 1.29 is 33.4 Å². The van der Waals surface area contributed by atoms with Gasteiger partial charge in [-0.25, -0.2) is 9.59 Å². The molecule has 0 aromatic rings. The van der Waals surface area contributed by atoms with Crippen LogP contribution in [0.5, 0.6) is 0 Å². The molecule has 1 saturated heterocycles. The Labute approximate surface area is 169 Å². The number of ether oxygens (including phenoxy) is 3. The number of allylic oxidation sites excluding steroid dienone is 3. The summed E-state index contributed by atoms with van der Waals surface area (Å²) in [4.78, 5) is 49.8. The molecule has 1 aliphatic heterocycles. The van der Waals surface area contributed by atoms with Crippen LogP contribution in [0.3, 0.4) is 0 Å². The fraction of sp³-hybridized carbons (Fsp3) is 0.545. The van der Waals surface area contributed by atoms with Crippen molar-refractivity contribution in [3.8, 4) is 0 Å². The van der Waals surface area contributed by atoms with Crippen molar-refractivity contribution in [3.63, 3.8) is 0 Å². The Morgan fingerprint density at radius 2 is 1.90 bits per heavy atom. The average molecular weight is 402 g/mol. The van der Waals surface area contributed by atoms with E-state index in [1.807, 2.05) is 6.92 Å². The van der Waals surface area contributed by atoms with Crippen molar-refractivity contribution in [2.45, 2.75) is 52.9 Å². The van der Waals surface area contributed by atoms with Crippen LogP contribution in [0.15, 0.2) is 36.0 Å². The molecule has 2 fully saturated rings. The summed E-state index contributed by atoms with van der Waals surface area (Å²) in [6, 6.07) is 0. The third-order valence-electron chi connectivity index (χ3n) is 6.56. The van der Waals surface area contributed by atoms with Gasteiger partial charge in [0.2, 0.25) is 0 Å². The first-order valence-electron chi connectivity index (χ1n) is 9.67. The van der Waals surface area contributed by atoms with Crippen LogP contribution in [0.1, 0.15) is 34.6 Å². The van der Waals surface area contributed by atoms with E-state index >= 15 is 0 Å². The van der Waals surface area contributed by atoms with Gasteiger partial charge in [0.05, 0.1) is 11.3 Å². The second-order valence-electron chi connectivity index (χ2n) is 8.18. The summed E-state index contributed by atoms with van der Waals surface area (Å²) in [5.41, 5.74) is -0.653. The molecule has 0 aromatic heterocycles. The minimum absolute atomic E-state index is 0.108. The highest BCUT2D eigenvalue weighted by molar-refractivity contribution is 5.99. The zero-order valence-corrected chi connectivity index (χ0v) is 17.3. The Hall–Kier alpha value is -2.70. The number of carbonyl (C=O) groups is 4. The Balaban J connectivity index is 2.17. The van der Waals surface area contributed by atoms with E-state index in [2.05, 4.69) is 6.58 Å². The van der Waals surface area contributed by atoms with Gasteiger partial charge in [-0.1, -0.05) is 25.7 Å². The van der Waals surface area contributed by atoms with E-state index in [1.54, 1.807) is 32.9 Å².